The van der Waals surface area contributed by atoms with E-state index in [0.29, 0.717) is 5.54 Å². The third-order valence-corrected chi connectivity index (χ3v) is 4.79. The van der Waals surface area contributed by atoms with E-state index >= 15 is 0 Å². The lowest BCUT2D eigenvalue weighted by Gasteiger charge is -2.25. The summed E-state index contributed by atoms with van der Waals surface area (Å²) in [6.45, 7) is 5.95. The first kappa shape index (κ1) is 17.0. The number of hydrogen-bond donors (Lipinski definition) is 1. The van der Waals surface area contributed by atoms with Crippen LogP contribution in [0.15, 0.2) is 0 Å². The van der Waals surface area contributed by atoms with Gasteiger partial charge < -0.3 is 5.32 Å². The van der Waals surface area contributed by atoms with Gasteiger partial charge in [-0.3, -0.25) is 0 Å². The molecule has 19 heavy (non-hydrogen) atoms. The maximum atomic E-state index is 3.78. The van der Waals surface area contributed by atoms with Crippen LogP contribution in [0.25, 0.3) is 0 Å². The monoisotopic (exact) mass is 267 g/mol. The van der Waals surface area contributed by atoms with E-state index in [0.717, 1.165) is 0 Å². The molecule has 1 aliphatic rings. The lowest BCUT2D eigenvalue weighted by atomic mass is 10.0. The molecule has 0 heterocycles. The van der Waals surface area contributed by atoms with E-state index < -0.39 is 0 Å². The molecule has 1 fully saturated rings. The largest absolute Gasteiger partial charge is 0.312 e. The smallest absolute Gasteiger partial charge is 0.0153 e. The predicted molar refractivity (Wildman–Crippen MR) is 86.7 cm³/mol. The fourth-order valence-corrected chi connectivity index (χ4v) is 3.33. The second kappa shape index (κ2) is 10.7. The summed E-state index contributed by atoms with van der Waals surface area (Å²) in [6.07, 6.45) is 20.0. The Hall–Kier alpha value is -0.0400. The molecule has 1 saturated carbocycles. The Labute approximate surface area is 121 Å². The summed E-state index contributed by atoms with van der Waals surface area (Å²) in [5.74, 6) is 0. The molecule has 114 valence electrons. The molecule has 0 aromatic rings. The normalized spacial score (nSPS) is 18.0. The van der Waals surface area contributed by atoms with Crippen molar-refractivity contribution in [2.24, 2.45) is 0 Å². The standard InChI is InChI=1S/C18H37N/c1-3-4-5-6-7-8-9-10-11-14-17-19-18(2)15-12-13-16-18/h19H,3-17H2,1-2H3. The Kier molecular flexibility index (Phi) is 9.59. The highest BCUT2D eigenvalue weighted by Gasteiger charge is 2.27. The van der Waals surface area contributed by atoms with Gasteiger partial charge in [-0.05, 0) is 32.7 Å². The molecule has 0 aromatic heterocycles. The van der Waals surface area contributed by atoms with Crippen LogP contribution in [-0.2, 0) is 0 Å². The van der Waals surface area contributed by atoms with Gasteiger partial charge in [0.25, 0.3) is 0 Å². The fraction of sp³-hybridized carbons (Fsp3) is 1.00. The highest BCUT2D eigenvalue weighted by Crippen LogP contribution is 2.28. The molecule has 1 N–H and O–H groups in total. The third kappa shape index (κ3) is 8.68. The van der Waals surface area contributed by atoms with E-state index in [1.54, 1.807) is 0 Å². The van der Waals surface area contributed by atoms with Crippen molar-refractivity contribution in [1.29, 1.82) is 0 Å². The third-order valence-electron chi connectivity index (χ3n) is 4.79. The minimum atomic E-state index is 0.485. The van der Waals surface area contributed by atoms with Crippen molar-refractivity contribution in [3.8, 4) is 0 Å². The molecule has 0 atom stereocenters. The van der Waals surface area contributed by atoms with Gasteiger partial charge in [0.1, 0.15) is 0 Å². The van der Waals surface area contributed by atoms with Gasteiger partial charge in [0.15, 0.2) is 0 Å². The Balaban J connectivity index is 1.76. The van der Waals surface area contributed by atoms with Gasteiger partial charge in [-0.2, -0.15) is 0 Å². The lowest BCUT2D eigenvalue weighted by Crippen LogP contribution is -2.39. The molecule has 0 aromatic carbocycles. The zero-order valence-corrected chi connectivity index (χ0v) is 13.6. The first-order valence-electron chi connectivity index (χ1n) is 9.02. The van der Waals surface area contributed by atoms with Gasteiger partial charge in [0, 0.05) is 5.54 Å². The molecule has 0 spiro atoms. The quantitative estimate of drug-likeness (QED) is 0.439. The molecule has 0 amide bonds. The summed E-state index contributed by atoms with van der Waals surface area (Å²) in [5, 5.41) is 3.78. The van der Waals surface area contributed by atoms with Crippen LogP contribution in [0.3, 0.4) is 0 Å². The minimum absolute atomic E-state index is 0.485. The summed E-state index contributed by atoms with van der Waals surface area (Å²) in [5.41, 5.74) is 0.485. The zero-order chi connectivity index (χ0) is 13.8. The van der Waals surface area contributed by atoms with Crippen LogP contribution in [0.4, 0.5) is 0 Å². The average Bonchev–Trinajstić information content (AvgIpc) is 2.83. The van der Waals surface area contributed by atoms with Gasteiger partial charge in [-0.15, -0.1) is 0 Å². The molecular weight excluding hydrogens is 230 g/mol. The SMILES string of the molecule is CCCCCCCCCCCCNC1(C)CCCC1. The van der Waals surface area contributed by atoms with E-state index in [-0.39, 0.29) is 0 Å². The highest BCUT2D eigenvalue weighted by molar-refractivity contribution is 4.87. The number of rotatable bonds is 12. The summed E-state index contributed by atoms with van der Waals surface area (Å²) >= 11 is 0. The van der Waals surface area contributed by atoms with Crippen molar-refractivity contribution in [3.05, 3.63) is 0 Å². The number of nitrogens with one attached hydrogen (secondary N) is 1. The second-order valence-corrected chi connectivity index (χ2v) is 6.88. The van der Waals surface area contributed by atoms with Crippen LogP contribution in [-0.4, -0.2) is 12.1 Å². The highest BCUT2D eigenvalue weighted by atomic mass is 15.0. The zero-order valence-electron chi connectivity index (χ0n) is 13.6. The molecule has 1 rings (SSSR count). The van der Waals surface area contributed by atoms with E-state index in [4.69, 9.17) is 0 Å². The minimum Gasteiger partial charge on any atom is -0.312 e. The summed E-state index contributed by atoms with van der Waals surface area (Å²) in [7, 11) is 0. The summed E-state index contributed by atoms with van der Waals surface area (Å²) < 4.78 is 0. The molecule has 1 heteroatoms. The van der Waals surface area contributed by atoms with Crippen LogP contribution in [0, 0.1) is 0 Å². The van der Waals surface area contributed by atoms with Crippen molar-refractivity contribution in [1.82, 2.24) is 5.32 Å². The Morgan fingerprint density at radius 3 is 1.74 bits per heavy atom. The van der Waals surface area contributed by atoms with Crippen LogP contribution in [0.2, 0.25) is 0 Å². The Morgan fingerprint density at radius 2 is 1.21 bits per heavy atom. The summed E-state index contributed by atoms with van der Waals surface area (Å²) in [4.78, 5) is 0. The average molecular weight is 268 g/mol. The van der Waals surface area contributed by atoms with Crippen molar-refractivity contribution >= 4 is 0 Å². The van der Waals surface area contributed by atoms with Gasteiger partial charge in [-0.1, -0.05) is 77.6 Å². The second-order valence-electron chi connectivity index (χ2n) is 6.88. The van der Waals surface area contributed by atoms with Crippen LogP contribution < -0.4 is 5.32 Å². The summed E-state index contributed by atoms with van der Waals surface area (Å²) in [6, 6.07) is 0. The predicted octanol–water partition coefficient (Wildman–Crippen LogP) is 5.83. The molecule has 1 aliphatic carbocycles. The molecule has 0 unspecified atom stereocenters. The number of hydrogen-bond acceptors (Lipinski definition) is 1. The fourth-order valence-electron chi connectivity index (χ4n) is 3.33. The molecule has 0 bridgehead atoms. The van der Waals surface area contributed by atoms with E-state index in [9.17, 15) is 0 Å². The van der Waals surface area contributed by atoms with Crippen molar-refractivity contribution in [2.75, 3.05) is 6.54 Å². The van der Waals surface area contributed by atoms with Crippen molar-refractivity contribution in [2.45, 2.75) is 109 Å². The van der Waals surface area contributed by atoms with Crippen LogP contribution in [0.1, 0.15) is 104 Å². The van der Waals surface area contributed by atoms with Gasteiger partial charge >= 0.3 is 0 Å². The van der Waals surface area contributed by atoms with Gasteiger partial charge in [-0.25, -0.2) is 0 Å². The maximum Gasteiger partial charge on any atom is 0.0153 e. The first-order chi connectivity index (χ1) is 9.27. The van der Waals surface area contributed by atoms with Crippen molar-refractivity contribution in [3.63, 3.8) is 0 Å². The van der Waals surface area contributed by atoms with Gasteiger partial charge in [0.05, 0.1) is 0 Å². The molecule has 1 nitrogen and oxygen atoms in total. The topological polar surface area (TPSA) is 12.0 Å². The number of unbranched alkanes of at least 4 members (excludes halogenated alkanes) is 9. The molecule has 0 radical (unpaired) electrons. The lowest BCUT2D eigenvalue weighted by molar-refractivity contribution is 0.359. The van der Waals surface area contributed by atoms with Gasteiger partial charge in [0.2, 0.25) is 0 Å². The molecule has 0 aliphatic heterocycles. The van der Waals surface area contributed by atoms with E-state index in [1.165, 1.54) is 96.4 Å². The molecular formula is C18H37N. The Morgan fingerprint density at radius 1 is 0.737 bits per heavy atom. The van der Waals surface area contributed by atoms with Crippen molar-refractivity contribution < 1.29 is 0 Å². The van der Waals surface area contributed by atoms with Crippen LogP contribution >= 0.6 is 0 Å². The maximum absolute atomic E-state index is 3.78. The van der Waals surface area contributed by atoms with Crippen LogP contribution in [0.5, 0.6) is 0 Å². The first-order valence-corrected chi connectivity index (χ1v) is 9.02. The van der Waals surface area contributed by atoms with E-state index in [1.807, 2.05) is 0 Å². The van der Waals surface area contributed by atoms with E-state index in [2.05, 4.69) is 19.2 Å². The molecule has 0 saturated heterocycles. The Bertz CT molecular complexity index is 194.